The van der Waals surface area contributed by atoms with Crippen molar-refractivity contribution in [1.29, 1.82) is 0 Å². The quantitative estimate of drug-likeness (QED) is 0.246. The van der Waals surface area contributed by atoms with Gasteiger partial charge in [0.15, 0.2) is 0 Å². The van der Waals surface area contributed by atoms with Crippen LogP contribution in [0.1, 0.15) is 51.5 Å². The van der Waals surface area contributed by atoms with Crippen molar-refractivity contribution in [2.24, 2.45) is 0 Å². The number of hydrogen-bond donors (Lipinski definition) is 3. The molecule has 1 aromatic carbocycles. The topological polar surface area (TPSA) is 95.9 Å². The van der Waals surface area contributed by atoms with Crippen molar-refractivity contribution in [1.82, 2.24) is 30.6 Å². The third-order valence-corrected chi connectivity index (χ3v) is 6.34. The van der Waals surface area contributed by atoms with Gasteiger partial charge in [-0.15, -0.1) is 0 Å². The average molecular weight is 503 g/mol. The summed E-state index contributed by atoms with van der Waals surface area (Å²) >= 11 is 0. The van der Waals surface area contributed by atoms with E-state index in [2.05, 4.69) is 30.6 Å². The molecule has 0 unspecified atom stereocenters. The van der Waals surface area contributed by atoms with Crippen molar-refractivity contribution >= 4 is 0 Å². The molecule has 0 bridgehead atoms. The van der Waals surface area contributed by atoms with Gasteiger partial charge in [0, 0.05) is 49.0 Å². The lowest BCUT2D eigenvalue weighted by atomic mass is 10.0. The first kappa shape index (κ1) is 25.2. The summed E-state index contributed by atoms with van der Waals surface area (Å²) in [7, 11) is 0. The van der Waals surface area contributed by atoms with Crippen molar-refractivity contribution in [3.05, 3.63) is 149 Å². The van der Waals surface area contributed by atoms with E-state index in [1.165, 1.54) is 0 Å². The van der Waals surface area contributed by atoms with Crippen LogP contribution in [0.15, 0.2) is 110 Å². The van der Waals surface area contributed by atoms with Gasteiger partial charge in [0.1, 0.15) is 5.75 Å². The summed E-state index contributed by atoms with van der Waals surface area (Å²) in [6.45, 7) is 2.93. The fourth-order valence-electron chi connectivity index (χ4n) is 4.54. The number of nitrogens with zero attached hydrogens (tertiary/aromatic N) is 4. The van der Waals surface area contributed by atoms with Crippen molar-refractivity contribution in [2.45, 2.75) is 32.1 Å². The second-order valence-electron chi connectivity index (χ2n) is 9.08. The van der Waals surface area contributed by atoms with Gasteiger partial charge in [0.25, 0.3) is 0 Å². The Hall–Kier alpha value is -4.46. The fraction of sp³-hybridized carbons (Fsp3) is 0.161. The van der Waals surface area contributed by atoms with E-state index in [0.29, 0.717) is 13.1 Å². The number of pyridine rings is 4. The van der Waals surface area contributed by atoms with Crippen LogP contribution in [0.4, 0.5) is 0 Å². The number of nitrogens with one attached hydrogen (secondary N) is 2. The molecule has 0 saturated carbocycles. The first-order valence-electron chi connectivity index (χ1n) is 12.6. The summed E-state index contributed by atoms with van der Waals surface area (Å²) in [4.78, 5) is 18.2. The van der Waals surface area contributed by atoms with Gasteiger partial charge < -0.3 is 5.11 Å². The lowest BCUT2D eigenvalue weighted by Gasteiger charge is -2.21. The summed E-state index contributed by atoms with van der Waals surface area (Å²) in [6.07, 6.45) is 7.11. The molecule has 38 heavy (non-hydrogen) atoms. The fourth-order valence-corrected chi connectivity index (χ4v) is 4.54. The zero-order chi connectivity index (χ0) is 26.2. The Morgan fingerprint density at radius 2 is 0.921 bits per heavy atom. The molecule has 0 radical (unpaired) electrons. The molecule has 0 fully saturated rings. The lowest BCUT2D eigenvalue weighted by Crippen LogP contribution is -2.25. The third-order valence-electron chi connectivity index (χ3n) is 6.34. The lowest BCUT2D eigenvalue weighted by molar-refractivity contribution is 0.447. The summed E-state index contributed by atoms with van der Waals surface area (Å²) in [6, 6.07) is 27.0. The molecule has 0 aliphatic rings. The molecule has 5 rings (SSSR count). The minimum absolute atomic E-state index is 0.212. The molecule has 0 amide bonds. The van der Waals surface area contributed by atoms with Gasteiger partial charge in [-0.1, -0.05) is 42.0 Å². The molecule has 3 N–H and O–H groups in total. The second kappa shape index (κ2) is 12.2. The molecular formula is C31H30N6O. The summed E-state index contributed by atoms with van der Waals surface area (Å²) in [5, 5.41) is 18.4. The Morgan fingerprint density at radius 3 is 1.21 bits per heavy atom. The second-order valence-corrected chi connectivity index (χ2v) is 9.08. The highest BCUT2D eigenvalue weighted by atomic mass is 16.3. The normalized spacial score (nSPS) is 11.2. The van der Waals surface area contributed by atoms with Crippen LogP contribution in [-0.4, -0.2) is 25.0 Å². The number of aromatic nitrogens is 4. The van der Waals surface area contributed by atoms with E-state index in [1.807, 2.05) is 91.9 Å². The molecule has 4 heterocycles. The number of phenols is 1. The van der Waals surface area contributed by atoms with Gasteiger partial charge in [-0.2, -0.15) is 0 Å². The zero-order valence-corrected chi connectivity index (χ0v) is 21.2. The molecule has 0 saturated heterocycles. The number of phenolic OH excluding ortho intramolecular Hbond substituents is 1. The molecule has 0 aliphatic carbocycles. The van der Waals surface area contributed by atoms with Crippen LogP contribution in [0.3, 0.4) is 0 Å². The minimum atomic E-state index is -0.212. The van der Waals surface area contributed by atoms with Crippen molar-refractivity contribution in [3.63, 3.8) is 0 Å². The van der Waals surface area contributed by atoms with Gasteiger partial charge >= 0.3 is 0 Å². The Kier molecular flexibility index (Phi) is 8.08. The van der Waals surface area contributed by atoms with Crippen LogP contribution in [0.2, 0.25) is 0 Å². The van der Waals surface area contributed by atoms with Crippen molar-refractivity contribution in [3.8, 4) is 5.75 Å². The minimum Gasteiger partial charge on any atom is -0.507 e. The third kappa shape index (κ3) is 6.08. The molecular weight excluding hydrogens is 472 g/mol. The van der Waals surface area contributed by atoms with E-state index >= 15 is 0 Å². The zero-order valence-electron chi connectivity index (χ0n) is 21.2. The summed E-state index contributed by atoms with van der Waals surface area (Å²) in [5.74, 6) is 0.261. The first-order chi connectivity index (χ1) is 18.7. The summed E-state index contributed by atoms with van der Waals surface area (Å²) in [5.41, 5.74) is 6.16. The largest absolute Gasteiger partial charge is 0.507 e. The molecule has 7 nitrogen and oxygen atoms in total. The monoisotopic (exact) mass is 502 g/mol. The number of rotatable bonds is 10. The van der Waals surface area contributed by atoms with Gasteiger partial charge in [0.2, 0.25) is 0 Å². The van der Waals surface area contributed by atoms with Gasteiger partial charge in [0.05, 0.1) is 34.9 Å². The van der Waals surface area contributed by atoms with Crippen LogP contribution in [-0.2, 0) is 13.1 Å². The van der Waals surface area contributed by atoms with Crippen LogP contribution in [0.5, 0.6) is 5.75 Å². The smallest absolute Gasteiger partial charge is 0.124 e. The van der Waals surface area contributed by atoms with Gasteiger partial charge in [-0.05, 0) is 55.5 Å². The average Bonchev–Trinajstić information content (AvgIpc) is 2.97. The highest BCUT2D eigenvalue weighted by molar-refractivity contribution is 5.44. The molecule has 0 atom stereocenters. The Balaban J connectivity index is 1.37. The molecule has 7 heteroatoms. The highest BCUT2D eigenvalue weighted by Gasteiger charge is 2.20. The Labute approximate surface area is 222 Å². The number of aromatic hydroxyl groups is 1. The first-order valence-corrected chi connectivity index (χ1v) is 12.6. The maximum absolute atomic E-state index is 11.3. The van der Waals surface area contributed by atoms with E-state index < -0.39 is 0 Å². The molecule has 190 valence electrons. The molecule has 5 aromatic rings. The SMILES string of the molecule is Cc1cc(CNC(c2ccccn2)c2ccccn2)c(O)c(CNC(c2ccccn2)c2ccccn2)c1. The highest BCUT2D eigenvalue weighted by Crippen LogP contribution is 2.28. The maximum atomic E-state index is 11.3. The molecule has 0 aliphatic heterocycles. The van der Waals surface area contributed by atoms with E-state index in [-0.39, 0.29) is 17.8 Å². The van der Waals surface area contributed by atoms with E-state index in [9.17, 15) is 5.11 Å². The van der Waals surface area contributed by atoms with Gasteiger partial charge in [-0.25, -0.2) is 0 Å². The molecule has 0 spiro atoms. The standard InChI is InChI=1S/C31H30N6O/c1-22-18-23(20-36-29(25-10-2-6-14-32-25)26-11-3-7-15-33-26)31(38)24(19-22)21-37-30(27-12-4-8-16-34-27)28-13-5-9-17-35-28/h2-19,29-30,36-38H,20-21H2,1H3. The number of benzene rings is 1. The predicted octanol–water partition coefficient (Wildman–Crippen LogP) is 5.04. The predicted molar refractivity (Wildman–Crippen MR) is 147 cm³/mol. The molecule has 4 aromatic heterocycles. The van der Waals surface area contributed by atoms with E-state index in [0.717, 1.165) is 39.5 Å². The summed E-state index contributed by atoms with van der Waals surface area (Å²) < 4.78 is 0. The van der Waals surface area contributed by atoms with Crippen LogP contribution in [0.25, 0.3) is 0 Å². The van der Waals surface area contributed by atoms with Crippen LogP contribution >= 0.6 is 0 Å². The van der Waals surface area contributed by atoms with Crippen LogP contribution in [0, 0.1) is 6.92 Å². The van der Waals surface area contributed by atoms with E-state index in [4.69, 9.17) is 0 Å². The van der Waals surface area contributed by atoms with Gasteiger partial charge in [-0.3, -0.25) is 30.6 Å². The number of hydrogen-bond acceptors (Lipinski definition) is 7. The number of aryl methyl sites for hydroxylation is 1. The van der Waals surface area contributed by atoms with Crippen molar-refractivity contribution in [2.75, 3.05) is 0 Å². The Morgan fingerprint density at radius 1 is 0.579 bits per heavy atom. The van der Waals surface area contributed by atoms with Crippen molar-refractivity contribution < 1.29 is 5.11 Å². The Bertz CT molecular complexity index is 1250. The van der Waals surface area contributed by atoms with Crippen LogP contribution < -0.4 is 10.6 Å². The maximum Gasteiger partial charge on any atom is 0.124 e. The van der Waals surface area contributed by atoms with E-state index in [1.54, 1.807) is 24.8 Å².